The van der Waals surface area contributed by atoms with E-state index in [1.807, 2.05) is 0 Å². The van der Waals surface area contributed by atoms with E-state index in [-0.39, 0.29) is 18.9 Å². The van der Waals surface area contributed by atoms with Gasteiger partial charge in [-0.1, -0.05) is 12.1 Å². The molecule has 30 heavy (non-hydrogen) atoms. The maximum atomic E-state index is 13.2. The molecule has 0 spiro atoms. The molecule has 0 atom stereocenters. The summed E-state index contributed by atoms with van der Waals surface area (Å²) in [5.41, 5.74) is 1.15. The van der Waals surface area contributed by atoms with Crippen molar-refractivity contribution in [2.75, 3.05) is 26.1 Å². The molecule has 0 aliphatic heterocycles. The number of rotatable bonds is 8. The van der Waals surface area contributed by atoms with Gasteiger partial charge in [-0.15, -0.1) is 5.10 Å². The minimum Gasteiger partial charge on any atom is -0.497 e. The molecule has 0 aliphatic carbocycles. The van der Waals surface area contributed by atoms with E-state index >= 15 is 0 Å². The van der Waals surface area contributed by atoms with Crippen LogP contribution in [0.4, 0.5) is 10.3 Å². The molecule has 0 aliphatic rings. The summed E-state index contributed by atoms with van der Waals surface area (Å²) in [5, 5.41) is 11.6. The van der Waals surface area contributed by atoms with Crippen LogP contribution in [0, 0.1) is 5.82 Å². The van der Waals surface area contributed by atoms with E-state index in [0.29, 0.717) is 28.5 Å². The van der Waals surface area contributed by atoms with Crippen molar-refractivity contribution >= 4 is 17.8 Å². The van der Waals surface area contributed by atoms with Crippen LogP contribution < -0.4 is 20.1 Å². The van der Waals surface area contributed by atoms with Gasteiger partial charge in [-0.05, 0) is 29.8 Å². The largest absolute Gasteiger partial charge is 0.497 e. The minimum atomic E-state index is -0.505. The van der Waals surface area contributed by atoms with Gasteiger partial charge in [-0.2, -0.15) is 4.98 Å². The Morgan fingerprint density at radius 1 is 1.10 bits per heavy atom. The molecule has 156 valence electrons. The fourth-order valence-corrected chi connectivity index (χ4v) is 2.67. The van der Waals surface area contributed by atoms with Gasteiger partial charge in [0.25, 0.3) is 0 Å². The number of hydrogen-bond acceptors (Lipinski definition) is 6. The molecule has 3 N–H and O–H groups in total. The zero-order valence-corrected chi connectivity index (χ0v) is 16.4. The first-order chi connectivity index (χ1) is 14.5. The molecule has 9 nitrogen and oxygen atoms in total. The Balaban J connectivity index is 1.55. The summed E-state index contributed by atoms with van der Waals surface area (Å²) in [5.74, 6) is 0.244. The predicted octanol–water partition coefficient (Wildman–Crippen LogP) is 1.93. The lowest BCUT2D eigenvalue weighted by Gasteiger charge is -2.07. The summed E-state index contributed by atoms with van der Waals surface area (Å²) in [6.07, 6.45) is -0.0346. The van der Waals surface area contributed by atoms with Gasteiger partial charge in [-0.25, -0.2) is 4.39 Å². The summed E-state index contributed by atoms with van der Waals surface area (Å²) in [6.45, 7) is -0.274. The Bertz CT molecular complexity index is 1050. The molecule has 0 saturated carbocycles. The SMILES string of the molecule is COc1ccc(-c2nc(NC(=O)CNC(=O)Cc3cccc(F)c3)n[nH]2)c(OC)c1. The number of nitrogens with one attached hydrogen (secondary N) is 3. The Kier molecular flexibility index (Phi) is 6.58. The van der Waals surface area contributed by atoms with Crippen LogP contribution in [0.2, 0.25) is 0 Å². The number of carbonyl (C=O) groups excluding carboxylic acids is 2. The lowest BCUT2D eigenvalue weighted by atomic mass is 10.1. The molecular formula is C20H20FN5O4. The number of H-pyrrole nitrogens is 1. The van der Waals surface area contributed by atoms with E-state index in [0.717, 1.165) is 0 Å². The highest BCUT2D eigenvalue weighted by Crippen LogP contribution is 2.31. The standard InChI is InChI=1S/C20H20FN5O4/c1-29-14-6-7-15(16(10-14)30-2)19-24-20(26-25-19)23-18(28)11-22-17(27)9-12-4-3-5-13(21)8-12/h3-8,10H,9,11H2,1-2H3,(H,22,27)(H2,23,24,25,26,28). The van der Waals surface area contributed by atoms with Crippen molar-refractivity contribution in [3.8, 4) is 22.9 Å². The lowest BCUT2D eigenvalue weighted by Crippen LogP contribution is -2.34. The van der Waals surface area contributed by atoms with Crippen LogP contribution in [-0.2, 0) is 16.0 Å². The number of aromatic amines is 1. The van der Waals surface area contributed by atoms with E-state index in [2.05, 4.69) is 25.8 Å². The van der Waals surface area contributed by atoms with Gasteiger partial charge >= 0.3 is 0 Å². The van der Waals surface area contributed by atoms with Gasteiger partial charge < -0.3 is 14.8 Å². The average Bonchev–Trinajstić information content (AvgIpc) is 3.20. The Morgan fingerprint density at radius 2 is 1.93 bits per heavy atom. The molecule has 10 heteroatoms. The van der Waals surface area contributed by atoms with Crippen molar-refractivity contribution in [1.82, 2.24) is 20.5 Å². The van der Waals surface area contributed by atoms with Crippen LogP contribution >= 0.6 is 0 Å². The van der Waals surface area contributed by atoms with Crippen molar-refractivity contribution in [3.05, 3.63) is 53.8 Å². The Hall–Kier alpha value is -3.95. The number of benzene rings is 2. The van der Waals surface area contributed by atoms with Gasteiger partial charge in [0.15, 0.2) is 5.82 Å². The topological polar surface area (TPSA) is 118 Å². The molecule has 3 aromatic rings. The van der Waals surface area contributed by atoms with Gasteiger partial charge in [0.1, 0.15) is 17.3 Å². The quantitative estimate of drug-likeness (QED) is 0.519. The van der Waals surface area contributed by atoms with Crippen molar-refractivity contribution in [1.29, 1.82) is 0 Å². The van der Waals surface area contributed by atoms with Gasteiger partial charge in [0.2, 0.25) is 17.8 Å². The summed E-state index contributed by atoms with van der Waals surface area (Å²) in [4.78, 5) is 28.2. The Morgan fingerprint density at radius 3 is 2.67 bits per heavy atom. The van der Waals surface area contributed by atoms with E-state index in [1.54, 1.807) is 31.4 Å². The second-order valence-corrected chi connectivity index (χ2v) is 6.21. The maximum absolute atomic E-state index is 13.2. The molecular weight excluding hydrogens is 393 g/mol. The molecule has 2 amide bonds. The molecule has 1 aromatic heterocycles. The van der Waals surface area contributed by atoms with Crippen LogP contribution in [-0.4, -0.2) is 47.8 Å². The number of anilines is 1. The maximum Gasteiger partial charge on any atom is 0.249 e. The highest BCUT2D eigenvalue weighted by Gasteiger charge is 2.14. The third-order valence-electron chi connectivity index (χ3n) is 4.10. The van der Waals surface area contributed by atoms with Crippen molar-refractivity contribution in [3.63, 3.8) is 0 Å². The fraction of sp³-hybridized carbons (Fsp3) is 0.200. The first-order valence-electron chi connectivity index (χ1n) is 8.94. The minimum absolute atomic E-state index is 0.0346. The molecule has 2 aromatic carbocycles. The third kappa shape index (κ3) is 5.31. The van der Waals surface area contributed by atoms with Crippen LogP contribution in [0.5, 0.6) is 11.5 Å². The number of amides is 2. The van der Waals surface area contributed by atoms with Gasteiger partial charge in [-0.3, -0.25) is 20.0 Å². The summed E-state index contributed by atoms with van der Waals surface area (Å²) >= 11 is 0. The van der Waals surface area contributed by atoms with E-state index in [4.69, 9.17) is 9.47 Å². The van der Waals surface area contributed by atoms with Crippen LogP contribution in [0.15, 0.2) is 42.5 Å². The highest BCUT2D eigenvalue weighted by molar-refractivity contribution is 5.93. The van der Waals surface area contributed by atoms with Crippen LogP contribution in [0.3, 0.4) is 0 Å². The monoisotopic (exact) mass is 413 g/mol. The normalized spacial score (nSPS) is 10.4. The number of ether oxygens (including phenoxy) is 2. The van der Waals surface area contributed by atoms with Crippen molar-refractivity contribution in [2.45, 2.75) is 6.42 Å². The van der Waals surface area contributed by atoms with Crippen LogP contribution in [0.1, 0.15) is 5.56 Å². The summed E-state index contributed by atoms with van der Waals surface area (Å²) < 4.78 is 23.6. The smallest absolute Gasteiger partial charge is 0.249 e. The number of hydrogen-bond donors (Lipinski definition) is 3. The lowest BCUT2D eigenvalue weighted by molar-refractivity contribution is -0.123. The highest BCUT2D eigenvalue weighted by atomic mass is 19.1. The molecule has 0 bridgehead atoms. The number of methoxy groups -OCH3 is 2. The zero-order valence-electron chi connectivity index (χ0n) is 16.4. The number of carbonyl (C=O) groups is 2. The molecule has 0 saturated heterocycles. The van der Waals surface area contributed by atoms with E-state index in [1.165, 1.54) is 25.3 Å². The first kappa shape index (κ1) is 20.8. The predicted molar refractivity (Wildman–Crippen MR) is 107 cm³/mol. The molecule has 0 radical (unpaired) electrons. The molecule has 1 heterocycles. The van der Waals surface area contributed by atoms with Crippen molar-refractivity contribution in [2.24, 2.45) is 0 Å². The second kappa shape index (κ2) is 9.50. The molecule has 3 rings (SSSR count). The Labute approximate surface area is 171 Å². The van der Waals surface area contributed by atoms with Gasteiger partial charge in [0, 0.05) is 6.07 Å². The van der Waals surface area contributed by atoms with E-state index in [9.17, 15) is 14.0 Å². The third-order valence-corrected chi connectivity index (χ3v) is 4.10. The van der Waals surface area contributed by atoms with Crippen LogP contribution in [0.25, 0.3) is 11.4 Å². The zero-order chi connectivity index (χ0) is 21.5. The average molecular weight is 413 g/mol. The number of aromatic nitrogens is 3. The van der Waals surface area contributed by atoms with Crippen molar-refractivity contribution < 1.29 is 23.5 Å². The first-order valence-corrected chi connectivity index (χ1v) is 8.94. The summed E-state index contributed by atoms with van der Waals surface area (Å²) in [6, 6.07) is 10.9. The molecule has 0 fully saturated rings. The fourth-order valence-electron chi connectivity index (χ4n) is 2.67. The molecule has 0 unspecified atom stereocenters. The number of halogens is 1. The van der Waals surface area contributed by atoms with Gasteiger partial charge in [0.05, 0.1) is 32.7 Å². The summed E-state index contributed by atoms with van der Waals surface area (Å²) in [7, 11) is 3.07. The second-order valence-electron chi connectivity index (χ2n) is 6.21. The number of nitrogens with zero attached hydrogens (tertiary/aromatic N) is 2. The van der Waals surface area contributed by atoms with E-state index < -0.39 is 17.6 Å².